The molecule has 2 aromatic carbocycles. The van der Waals surface area contributed by atoms with Gasteiger partial charge in [-0.1, -0.05) is 0 Å². The predicted octanol–water partition coefficient (Wildman–Crippen LogP) is 5.21. The monoisotopic (exact) mass is 459 g/mol. The summed E-state index contributed by atoms with van der Waals surface area (Å²) in [5, 5.41) is 14.3. The van der Waals surface area contributed by atoms with Gasteiger partial charge in [0, 0.05) is 26.9 Å². The molecule has 2 heterocycles. The fraction of sp³-hybridized carbons (Fsp3) is 0.304. The van der Waals surface area contributed by atoms with Gasteiger partial charge in [0.2, 0.25) is 0 Å². The summed E-state index contributed by atoms with van der Waals surface area (Å²) in [4.78, 5) is 13.8. The Kier molecular flexibility index (Phi) is 4.79. The van der Waals surface area contributed by atoms with Crippen LogP contribution in [-0.4, -0.2) is 32.1 Å². The van der Waals surface area contributed by atoms with Crippen molar-refractivity contribution in [3.63, 3.8) is 0 Å². The lowest BCUT2D eigenvalue weighted by Gasteiger charge is -2.40. The second kappa shape index (κ2) is 7.31. The highest BCUT2D eigenvalue weighted by molar-refractivity contribution is 7.07. The first-order valence-electron chi connectivity index (χ1n) is 10.2. The Hall–Kier alpha value is -2.91. The molecule has 2 aromatic heterocycles. The minimum atomic E-state index is -4.40. The number of aliphatic hydroxyl groups is 1. The number of alkyl halides is 3. The Bertz CT molecular complexity index is 1330. The van der Waals surface area contributed by atoms with Crippen LogP contribution in [-0.2, 0) is 6.18 Å². The van der Waals surface area contributed by atoms with Gasteiger partial charge in [-0.15, -0.1) is 0 Å². The van der Waals surface area contributed by atoms with Crippen LogP contribution in [0.5, 0.6) is 0 Å². The maximum Gasteiger partial charge on any atom is 0.416 e. The Balaban J connectivity index is 1.61. The number of amides is 1. The fourth-order valence-corrected chi connectivity index (χ4v) is 5.00. The maximum absolute atomic E-state index is 13.0. The number of halogens is 3. The Labute approximate surface area is 185 Å². The van der Waals surface area contributed by atoms with Crippen LogP contribution in [0, 0.1) is 6.92 Å². The highest BCUT2D eigenvalue weighted by Crippen LogP contribution is 2.37. The van der Waals surface area contributed by atoms with E-state index in [0.717, 1.165) is 52.6 Å². The fourth-order valence-electron chi connectivity index (χ4n) is 4.31. The Morgan fingerprint density at radius 2 is 1.94 bits per heavy atom. The summed E-state index contributed by atoms with van der Waals surface area (Å²) in [5.41, 5.74) is 1.17. The van der Waals surface area contributed by atoms with Crippen molar-refractivity contribution < 1.29 is 23.1 Å². The Morgan fingerprint density at radius 3 is 2.53 bits per heavy atom. The average Bonchev–Trinajstić information content (AvgIpc) is 3.27. The van der Waals surface area contributed by atoms with Gasteiger partial charge in [0.05, 0.1) is 23.2 Å². The zero-order valence-corrected chi connectivity index (χ0v) is 18.0. The molecule has 1 fully saturated rings. The molecule has 0 spiro atoms. The highest BCUT2D eigenvalue weighted by atomic mass is 32.1. The first-order chi connectivity index (χ1) is 15.2. The number of aliphatic hydroxyl groups excluding tert-OH is 1. The molecule has 0 aliphatic heterocycles. The van der Waals surface area contributed by atoms with Gasteiger partial charge in [-0.2, -0.15) is 17.5 Å². The van der Waals surface area contributed by atoms with Gasteiger partial charge in [-0.3, -0.25) is 9.36 Å². The van der Waals surface area contributed by atoms with Crippen LogP contribution >= 0.6 is 11.5 Å². The van der Waals surface area contributed by atoms with E-state index in [9.17, 15) is 23.1 Å². The van der Waals surface area contributed by atoms with Crippen LogP contribution < -0.4 is 5.32 Å². The van der Waals surface area contributed by atoms with Crippen LogP contribution in [0.4, 0.5) is 13.2 Å². The van der Waals surface area contributed by atoms with Crippen molar-refractivity contribution in [1.82, 2.24) is 14.3 Å². The van der Waals surface area contributed by atoms with Crippen molar-refractivity contribution in [1.29, 1.82) is 0 Å². The zero-order chi connectivity index (χ0) is 22.7. The normalized spacial score (nSPS) is 15.8. The number of rotatable bonds is 4. The van der Waals surface area contributed by atoms with E-state index in [1.54, 1.807) is 18.2 Å². The zero-order valence-electron chi connectivity index (χ0n) is 17.2. The van der Waals surface area contributed by atoms with Crippen molar-refractivity contribution in [2.45, 2.75) is 37.9 Å². The predicted molar refractivity (Wildman–Crippen MR) is 117 cm³/mol. The lowest BCUT2D eigenvalue weighted by molar-refractivity contribution is -0.137. The van der Waals surface area contributed by atoms with Crippen molar-refractivity contribution in [3.8, 4) is 5.69 Å². The van der Waals surface area contributed by atoms with Crippen LogP contribution in [0.3, 0.4) is 0 Å². The molecule has 1 aliphatic carbocycles. The second-order valence-corrected chi connectivity index (χ2v) is 9.27. The lowest BCUT2D eigenvalue weighted by atomic mass is 9.77. The topological polar surface area (TPSA) is 67.2 Å². The quantitative estimate of drug-likeness (QED) is 0.440. The number of hydrogen-bond acceptors (Lipinski definition) is 4. The molecule has 0 radical (unpaired) electrons. The number of carbonyl (C=O) groups is 1. The molecule has 4 aromatic rings. The minimum Gasteiger partial charge on any atom is -0.394 e. The number of hydrogen-bond donors (Lipinski definition) is 2. The van der Waals surface area contributed by atoms with E-state index in [0.29, 0.717) is 16.9 Å². The maximum atomic E-state index is 13.0. The number of benzene rings is 2. The van der Waals surface area contributed by atoms with Crippen molar-refractivity contribution >= 4 is 39.4 Å². The lowest BCUT2D eigenvalue weighted by Crippen LogP contribution is -2.56. The van der Waals surface area contributed by atoms with Gasteiger partial charge < -0.3 is 10.4 Å². The molecule has 0 unspecified atom stereocenters. The second-order valence-electron chi connectivity index (χ2n) is 8.30. The van der Waals surface area contributed by atoms with Crippen molar-refractivity contribution in [2.75, 3.05) is 6.61 Å². The summed E-state index contributed by atoms with van der Waals surface area (Å²) < 4.78 is 45.3. The molecule has 5 rings (SSSR count). The van der Waals surface area contributed by atoms with Crippen molar-refractivity contribution in [2.24, 2.45) is 0 Å². The van der Waals surface area contributed by atoms with E-state index < -0.39 is 17.3 Å². The van der Waals surface area contributed by atoms with E-state index in [2.05, 4.69) is 9.69 Å². The smallest absolute Gasteiger partial charge is 0.394 e. The molecule has 5 nitrogen and oxygen atoms in total. The van der Waals surface area contributed by atoms with Gasteiger partial charge in [0.25, 0.3) is 5.91 Å². The summed E-state index contributed by atoms with van der Waals surface area (Å²) in [6.45, 7) is 1.83. The van der Waals surface area contributed by atoms with Crippen molar-refractivity contribution in [3.05, 3.63) is 58.5 Å². The summed E-state index contributed by atoms with van der Waals surface area (Å²) in [6, 6.07) is 10.2. The van der Waals surface area contributed by atoms with Gasteiger partial charge in [0.15, 0.2) is 5.65 Å². The third kappa shape index (κ3) is 3.27. The number of fused-ring (bicyclic) bond motifs is 3. The summed E-state index contributed by atoms with van der Waals surface area (Å²) in [5.74, 6) is -0.253. The standard InChI is InChI=1S/C23H20F3N3O2S/c1-13-19-17-11-14(21(31)27-22(12-30)9-2-10-22)3-8-18(17)29(20(19)28-32-13)16-6-4-15(5-7-16)23(24,25)26/h3-8,11,30H,2,9-10,12H2,1H3,(H,27,31). The van der Waals surface area contributed by atoms with Gasteiger partial charge in [-0.25, -0.2) is 0 Å². The Morgan fingerprint density at radius 1 is 1.22 bits per heavy atom. The third-order valence-corrected chi connectivity index (χ3v) is 7.01. The first-order valence-corrected chi connectivity index (χ1v) is 11.0. The molecular weight excluding hydrogens is 439 g/mol. The SMILES string of the molecule is Cc1snc2c1c1cc(C(=O)NC3(CO)CCC3)ccc1n2-c1ccc(C(F)(F)F)cc1. The number of nitrogens with one attached hydrogen (secondary N) is 1. The molecule has 166 valence electrons. The number of aromatic nitrogens is 2. The van der Waals surface area contributed by atoms with Gasteiger partial charge in [-0.05, 0) is 80.2 Å². The van der Waals surface area contributed by atoms with E-state index in [-0.39, 0.29) is 12.5 Å². The molecule has 0 saturated heterocycles. The van der Waals surface area contributed by atoms with Crippen LogP contribution in [0.2, 0.25) is 0 Å². The molecule has 1 saturated carbocycles. The molecule has 0 atom stereocenters. The van der Waals surface area contributed by atoms with Gasteiger partial charge in [0.1, 0.15) is 0 Å². The molecule has 32 heavy (non-hydrogen) atoms. The van der Waals surface area contributed by atoms with E-state index >= 15 is 0 Å². The number of aryl methyl sites for hydroxylation is 1. The van der Waals surface area contributed by atoms with E-state index in [4.69, 9.17) is 0 Å². The molecular formula is C23H20F3N3O2S. The third-order valence-electron chi connectivity index (χ3n) is 6.27. The highest BCUT2D eigenvalue weighted by Gasteiger charge is 2.38. The minimum absolute atomic E-state index is 0.0942. The molecule has 1 aliphatic rings. The largest absolute Gasteiger partial charge is 0.416 e. The van der Waals surface area contributed by atoms with Crippen LogP contribution in [0.15, 0.2) is 42.5 Å². The summed E-state index contributed by atoms with van der Waals surface area (Å²) in [7, 11) is 0. The van der Waals surface area contributed by atoms with E-state index in [1.165, 1.54) is 23.7 Å². The molecule has 1 amide bonds. The van der Waals surface area contributed by atoms with Crippen LogP contribution in [0.25, 0.3) is 27.6 Å². The summed E-state index contributed by atoms with van der Waals surface area (Å²) in [6.07, 6.45) is -1.94. The van der Waals surface area contributed by atoms with Crippen LogP contribution in [0.1, 0.15) is 40.1 Å². The first kappa shape index (κ1) is 21.0. The average molecular weight is 459 g/mol. The number of carbonyl (C=O) groups excluding carboxylic acids is 1. The molecule has 2 N–H and O–H groups in total. The molecule has 9 heteroatoms. The van der Waals surface area contributed by atoms with E-state index in [1.807, 2.05) is 11.5 Å². The van der Waals surface area contributed by atoms with Gasteiger partial charge >= 0.3 is 6.18 Å². The number of nitrogens with zero attached hydrogens (tertiary/aromatic N) is 2. The summed E-state index contributed by atoms with van der Waals surface area (Å²) >= 11 is 1.31. The molecule has 0 bridgehead atoms.